The fourth-order valence-corrected chi connectivity index (χ4v) is 3.15. The van der Waals surface area contributed by atoms with Crippen molar-refractivity contribution in [3.05, 3.63) is 63.9 Å². The minimum atomic E-state index is -1.05. The predicted molar refractivity (Wildman–Crippen MR) is 83.4 cm³/mol. The van der Waals surface area contributed by atoms with Crippen LogP contribution < -0.4 is 11.1 Å². The van der Waals surface area contributed by atoms with E-state index >= 15 is 0 Å². The van der Waals surface area contributed by atoms with Gasteiger partial charge in [-0.2, -0.15) is 0 Å². The van der Waals surface area contributed by atoms with E-state index in [1.54, 1.807) is 12.1 Å². The molecule has 0 bridgehead atoms. The van der Waals surface area contributed by atoms with Crippen molar-refractivity contribution >= 4 is 27.5 Å². The number of amides is 1. The molecular formula is C16H14BrFN2O. The maximum Gasteiger partial charge on any atom is 0.247 e. The first-order valence-electron chi connectivity index (χ1n) is 6.64. The van der Waals surface area contributed by atoms with E-state index in [1.165, 1.54) is 6.07 Å². The summed E-state index contributed by atoms with van der Waals surface area (Å²) >= 11 is 3.37. The average molecular weight is 349 g/mol. The zero-order valence-electron chi connectivity index (χ0n) is 11.2. The number of hydrogen-bond donors (Lipinski definition) is 2. The Morgan fingerprint density at radius 2 is 1.95 bits per heavy atom. The number of nitrogens with two attached hydrogens (primary N) is 1. The van der Waals surface area contributed by atoms with Crippen LogP contribution in [0.3, 0.4) is 0 Å². The molecule has 21 heavy (non-hydrogen) atoms. The number of nitrogens with one attached hydrogen (secondary N) is 1. The van der Waals surface area contributed by atoms with Crippen LogP contribution in [0, 0.1) is 5.82 Å². The number of rotatable bonds is 3. The van der Waals surface area contributed by atoms with Gasteiger partial charge >= 0.3 is 0 Å². The lowest BCUT2D eigenvalue weighted by atomic mass is 9.90. The highest BCUT2D eigenvalue weighted by atomic mass is 79.9. The highest BCUT2D eigenvalue weighted by molar-refractivity contribution is 9.10. The smallest absolute Gasteiger partial charge is 0.247 e. The van der Waals surface area contributed by atoms with E-state index in [0.29, 0.717) is 24.0 Å². The summed E-state index contributed by atoms with van der Waals surface area (Å²) in [7, 11) is 0. The van der Waals surface area contributed by atoms with Gasteiger partial charge in [-0.05, 0) is 54.3 Å². The normalized spacial score (nSPS) is 20.1. The first-order chi connectivity index (χ1) is 10.0. The van der Waals surface area contributed by atoms with E-state index in [4.69, 9.17) is 5.73 Å². The lowest BCUT2D eigenvalue weighted by Crippen LogP contribution is -2.46. The highest BCUT2D eigenvalue weighted by Gasteiger charge is 2.45. The van der Waals surface area contributed by atoms with Crippen molar-refractivity contribution < 1.29 is 9.18 Å². The van der Waals surface area contributed by atoms with Crippen molar-refractivity contribution in [3.63, 3.8) is 0 Å². The van der Waals surface area contributed by atoms with Gasteiger partial charge in [0.15, 0.2) is 0 Å². The summed E-state index contributed by atoms with van der Waals surface area (Å²) in [5.41, 5.74) is 6.57. The van der Waals surface area contributed by atoms with E-state index in [-0.39, 0.29) is 5.82 Å². The summed E-state index contributed by atoms with van der Waals surface area (Å²) in [6.45, 7) is 0. The third kappa shape index (κ3) is 2.31. The fraction of sp³-hybridized carbons (Fsp3) is 0.188. The van der Waals surface area contributed by atoms with Crippen LogP contribution in [-0.4, -0.2) is 5.91 Å². The van der Waals surface area contributed by atoms with Crippen LogP contribution in [0.2, 0.25) is 0 Å². The van der Waals surface area contributed by atoms with E-state index in [1.807, 2.05) is 24.3 Å². The largest absolute Gasteiger partial charge is 0.368 e. The van der Waals surface area contributed by atoms with Crippen molar-refractivity contribution in [2.75, 3.05) is 5.32 Å². The quantitative estimate of drug-likeness (QED) is 0.893. The molecule has 1 atom stereocenters. The van der Waals surface area contributed by atoms with Gasteiger partial charge in [-0.25, -0.2) is 4.39 Å². The van der Waals surface area contributed by atoms with Gasteiger partial charge < -0.3 is 11.1 Å². The molecule has 0 aromatic heterocycles. The number of benzene rings is 2. The number of primary amides is 1. The van der Waals surface area contributed by atoms with Gasteiger partial charge in [0.2, 0.25) is 5.91 Å². The van der Waals surface area contributed by atoms with E-state index in [0.717, 1.165) is 10.2 Å². The number of fused-ring (bicyclic) bond motifs is 1. The zero-order chi connectivity index (χ0) is 15.0. The second-order valence-corrected chi connectivity index (χ2v) is 6.08. The van der Waals surface area contributed by atoms with E-state index < -0.39 is 11.4 Å². The summed E-state index contributed by atoms with van der Waals surface area (Å²) in [4.78, 5) is 12.1. The standard InChI is InChI=1S/C16H14BrFN2O/c17-10-4-6-11(7-5-10)20-16(15(19)21)9-8-12-13(16)2-1-3-14(12)18/h1-7,20H,8-9H2,(H2,19,21). The van der Waals surface area contributed by atoms with Gasteiger partial charge in [-0.3, -0.25) is 4.79 Å². The molecule has 0 radical (unpaired) electrons. The Balaban J connectivity index is 2.06. The first kappa shape index (κ1) is 14.1. The monoisotopic (exact) mass is 348 g/mol. The second kappa shape index (κ2) is 5.15. The Hall–Kier alpha value is -1.88. The molecule has 2 aromatic rings. The topological polar surface area (TPSA) is 55.1 Å². The van der Waals surface area contributed by atoms with E-state index in [9.17, 15) is 9.18 Å². The van der Waals surface area contributed by atoms with Gasteiger partial charge in [0.05, 0.1) is 0 Å². The number of anilines is 1. The molecule has 3 rings (SSSR count). The maximum absolute atomic E-state index is 13.9. The van der Waals surface area contributed by atoms with Crippen LogP contribution in [0.1, 0.15) is 17.5 Å². The second-order valence-electron chi connectivity index (χ2n) is 5.17. The van der Waals surface area contributed by atoms with Crippen molar-refractivity contribution in [1.29, 1.82) is 0 Å². The average Bonchev–Trinajstić information content (AvgIpc) is 2.83. The molecule has 0 saturated carbocycles. The molecule has 0 fully saturated rings. The summed E-state index contributed by atoms with van der Waals surface area (Å²) in [5, 5.41) is 3.20. The molecule has 0 spiro atoms. The van der Waals surface area contributed by atoms with Crippen LogP contribution in [0.5, 0.6) is 0 Å². The first-order valence-corrected chi connectivity index (χ1v) is 7.44. The van der Waals surface area contributed by atoms with Crippen molar-refractivity contribution in [2.45, 2.75) is 18.4 Å². The van der Waals surface area contributed by atoms with E-state index in [2.05, 4.69) is 21.2 Å². The maximum atomic E-state index is 13.9. The third-order valence-corrected chi connectivity index (χ3v) is 4.48. The lowest BCUT2D eigenvalue weighted by molar-refractivity contribution is -0.122. The zero-order valence-corrected chi connectivity index (χ0v) is 12.8. The van der Waals surface area contributed by atoms with Gasteiger partial charge in [0, 0.05) is 10.2 Å². The molecule has 3 nitrogen and oxygen atoms in total. The number of carbonyl (C=O) groups is 1. The Labute approximate surface area is 130 Å². The van der Waals surface area contributed by atoms with Crippen molar-refractivity contribution in [3.8, 4) is 0 Å². The molecule has 5 heteroatoms. The molecule has 3 N–H and O–H groups in total. The summed E-state index contributed by atoms with van der Waals surface area (Å²) in [6, 6.07) is 12.2. The van der Waals surface area contributed by atoms with Crippen LogP contribution in [-0.2, 0) is 16.8 Å². The van der Waals surface area contributed by atoms with Crippen molar-refractivity contribution in [2.24, 2.45) is 5.73 Å². The molecule has 1 amide bonds. The SMILES string of the molecule is NC(=O)C1(Nc2ccc(Br)cc2)CCc2c(F)cccc21. The Kier molecular flexibility index (Phi) is 3.45. The summed E-state index contributed by atoms with van der Waals surface area (Å²) < 4.78 is 14.8. The lowest BCUT2D eigenvalue weighted by Gasteiger charge is -2.29. The van der Waals surface area contributed by atoms with Gasteiger partial charge in [0.25, 0.3) is 0 Å². The number of halogens is 2. The fourth-order valence-electron chi connectivity index (χ4n) is 2.89. The number of hydrogen-bond acceptors (Lipinski definition) is 2. The highest BCUT2D eigenvalue weighted by Crippen LogP contribution is 2.40. The molecule has 1 aliphatic rings. The molecule has 1 aliphatic carbocycles. The Morgan fingerprint density at radius 3 is 2.62 bits per heavy atom. The van der Waals surface area contributed by atoms with Gasteiger partial charge in [-0.15, -0.1) is 0 Å². The minimum absolute atomic E-state index is 0.284. The molecule has 0 heterocycles. The summed E-state index contributed by atoms with van der Waals surface area (Å²) in [5.74, 6) is -0.775. The van der Waals surface area contributed by atoms with Crippen LogP contribution >= 0.6 is 15.9 Å². The predicted octanol–water partition coefficient (Wildman–Crippen LogP) is 3.33. The summed E-state index contributed by atoms with van der Waals surface area (Å²) in [6.07, 6.45) is 0.948. The molecular weight excluding hydrogens is 335 g/mol. The Morgan fingerprint density at radius 1 is 1.24 bits per heavy atom. The van der Waals surface area contributed by atoms with Gasteiger partial charge in [0.1, 0.15) is 11.4 Å². The van der Waals surface area contributed by atoms with Crippen molar-refractivity contribution in [1.82, 2.24) is 0 Å². The third-order valence-electron chi connectivity index (χ3n) is 3.95. The molecule has 108 valence electrons. The molecule has 1 unspecified atom stereocenters. The number of carbonyl (C=O) groups excluding carboxylic acids is 1. The molecule has 2 aromatic carbocycles. The Bertz CT molecular complexity index is 702. The minimum Gasteiger partial charge on any atom is -0.368 e. The van der Waals surface area contributed by atoms with Crippen LogP contribution in [0.15, 0.2) is 46.9 Å². The molecule has 0 saturated heterocycles. The van der Waals surface area contributed by atoms with Crippen LogP contribution in [0.25, 0.3) is 0 Å². The van der Waals surface area contributed by atoms with Crippen LogP contribution in [0.4, 0.5) is 10.1 Å². The molecule has 0 aliphatic heterocycles. The van der Waals surface area contributed by atoms with Gasteiger partial charge in [-0.1, -0.05) is 28.1 Å².